The van der Waals surface area contributed by atoms with Crippen LogP contribution in [-0.4, -0.2) is 19.9 Å². The van der Waals surface area contributed by atoms with E-state index < -0.39 is 15.8 Å². The molecule has 0 spiro atoms. The molecule has 2 aromatic rings. The maximum absolute atomic E-state index is 13.0. The number of pyridine rings is 1. The van der Waals surface area contributed by atoms with Crippen molar-refractivity contribution in [3.63, 3.8) is 0 Å². The number of aromatic nitrogens is 1. The van der Waals surface area contributed by atoms with Gasteiger partial charge in [-0.15, -0.1) is 0 Å². The molecule has 0 amide bonds. The SMILES string of the molecule is CCNc1cccnc1S(=O)(=O)Nc1ccc(F)cc1Cl. The summed E-state index contributed by atoms with van der Waals surface area (Å²) in [6.07, 6.45) is 1.38. The molecular weight excluding hydrogens is 317 g/mol. The topological polar surface area (TPSA) is 71.1 Å². The maximum atomic E-state index is 13.0. The van der Waals surface area contributed by atoms with Crippen LogP contribution in [0.3, 0.4) is 0 Å². The first-order chi connectivity index (χ1) is 9.94. The summed E-state index contributed by atoms with van der Waals surface area (Å²) in [4.78, 5) is 3.88. The Hall–Kier alpha value is -1.86. The Balaban J connectivity index is 2.39. The predicted octanol–water partition coefficient (Wildman–Crippen LogP) is 3.11. The Morgan fingerprint density at radius 2 is 2.05 bits per heavy atom. The lowest BCUT2D eigenvalue weighted by Gasteiger charge is -2.12. The molecule has 8 heteroatoms. The van der Waals surface area contributed by atoms with Gasteiger partial charge in [0.1, 0.15) is 5.82 Å². The van der Waals surface area contributed by atoms with E-state index in [1.807, 2.05) is 6.92 Å². The molecule has 112 valence electrons. The van der Waals surface area contributed by atoms with Crippen LogP contribution < -0.4 is 10.0 Å². The minimum Gasteiger partial charge on any atom is -0.383 e. The lowest BCUT2D eigenvalue weighted by atomic mass is 10.3. The molecule has 2 N–H and O–H groups in total. The molecule has 2 rings (SSSR count). The third-order valence-corrected chi connectivity index (χ3v) is 4.20. The molecule has 1 aromatic carbocycles. The van der Waals surface area contributed by atoms with Crippen LogP contribution in [0, 0.1) is 5.82 Å². The zero-order valence-electron chi connectivity index (χ0n) is 11.1. The monoisotopic (exact) mass is 329 g/mol. The predicted molar refractivity (Wildman–Crippen MR) is 80.6 cm³/mol. The molecule has 0 unspecified atom stereocenters. The van der Waals surface area contributed by atoms with Gasteiger partial charge in [-0.05, 0) is 37.3 Å². The van der Waals surface area contributed by atoms with Crippen LogP contribution in [0.4, 0.5) is 15.8 Å². The number of nitrogens with zero attached hydrogens (tertiary/aromatic N) is 1. The van der Waals surface area contributed by atoms with Crippen LogP contribution in [0.2, 0.25) is 5.02 Å². The van der Waals surface area contributed by atoms with Gasteiger partial charge in [0.2, 0.25) is 0 Å². The zero-order chi connectivity index (χ0) is 15.5. The standard InChI is InChI=1S/C13H13ClFN3O2S/c1-2-16-12-4-3-7-17-13(12)21(19,20)18-11-6-5-9(15)8-10(11)14/h3-8,16,18H,2H2,1H3. The molecule has 5 nitrogen and oxygen atoms in total. The van der Waals surface area contributed by atoms with E-state index in [0.717, 1.165) is 12.1 Å². The summed E-state index contributed by atoms with van der Waals surface area (Å²) < 4.78 is 40.0. The van der Waals surface area contributed by atoms with Gasteiger partial charge in [0.05, 0.1) is 16.4 Å². The number of sulfonamides is 1. The molecule has 0 fully saturated rings. The average Bonchev–Trinajstić information content (AvgIpc) is 2.43. The number of halogens is 2. The van der Waals surface area contributed by atoms with Crippen molar-refractivity contribution in [1.82, 2.24) is 4.98 Å². The van der Waals surface area contributed by atoms with Crippen LogP contribution in [0.1, 0.15) is 6.92 Å². The second kappa shape index (κ2) is 6.28. The van der Waals surface area contributed by atoms with E-state index >= 15 is 0 Å². The first-order valence-corrected chi connectivity index (χ1v) is 7.97. The summed E-state index contributed by atoms with van der Waals surface area (Å²) in [5, 5.41) is 2.74. The van der Waals surface area contributed by atoms with Gasteiger partial charge in [0, 0.05) is 12.7 Å². The molecule has 0 radical (unpaired) electrons. The van der Waals surface area contributed by atoms with Crippen LogP contribution in [0.15, 0.2) is 41.6 Å². The van der Waals surface area contributed by atoms with Gasteiger partial charge >= 0.3 is 0 Å². The largest absolute Gasteiger partial charge is 0.383 e. The number of hydrogen-bond donors (Lipinski definition) is 2. The number of anilines is 2. The summed E-state index contributed by atoms with van der Waals surface area (Å²) in [6, 6.07) is 6.64. The summed E-state index contributed by atoms with van der Waals surface area (Å²) in [6.45, 7) is 2.39. The fourth-order valence-corrected chi connectivity index (χ4v) is 3.16. The van der Waals surface area contributed by atoms with Crippen molar-refractivity contribution >= 4 is 33.0 Å². The Morgan fingerprint density at radius 3 is 2.71 bits per heavy atom. The normalized spacial score (nSPS) is 11.2. The average molecular weight is 330 g/mol. The van der Waals surface area contributed by atoms with Gasteiger partial charge in [-0.25, -0.2) is 9.37 Å². The minimum atomic E-state index is -3.93. The van der Waals surface area contributed by atoms with Gasteiger partial charge in [0.15, 0.2) is 5.03 Å². The highest BCUT2D eigenvalue weighted by atomic mass is 35.5. The van der Waals surface area contributed by atoms with Crippen LogP contribution in [0.25, 0.3) is 0 Å². The fourth-order valence-electron chi connectivity index (χ4n) is 1.70. The Kier molecular flexibility index (Phi) is 4.64. The molecule has 0 saturated carbocycles. The van der Waals surface area contributed by atoms with Crippen LogP contribution in [-0.2, 0) is 10.0 Å². The van der Waals surface area contributed by atoms with Gasteiger partial charge in [-0.3, -0.25) is 4.72 Å². The van der Waals surface area contributed by atoms with E-state index in [2.05, 4.69) is 15.0 Å². The molecule has 0 bridgehead atoms. The van der Waals surface area contributed by atoms with Crippen molar-refractivity contribution in [3.05, 3.63) is 47.4 Å². The zero-order valence-corrected chi connectivity index (χ0v) is 12.7. The fraction of sp³-hybridized carbons (Fsp3) is 0.154. The van der Waals surface area contributed by atoms with Crippen molar-refractivity contribution in [2.75, 3.05) is 16.6 Å². The van der Waals surface area contributed by atoms with E-state index in [9.17, 15) is 12.8 Å². The quantitative estimate of drug-likeness (QED) is 0.884. The second-order valence-electron chi connectivity index (χ2n) is 4.12. The summed E-state index contributed by atoms with van der Waals surface area (Å²) >= 11 is 5.82. The Labute approximate surface area is 127 Å². The molecule has 0 aliphatic carbocycles. The Bertz CT molecular complexity index is 753. The van der Waals surface area contributed by atoms with E-state index in [4.69, 9.17) is 11.6 Å². The first-order valence-electron chi connectivity index (χ1n) is 6.11. The highest BCUT2D eigenvalue weighted by molar-refractivity contribution is 7.92. The molecule has 1 aromatic heterocycles. The third kappa shape index (κ3) is 3.62. The van der Waals surface area contributed by atoms with Gasteiger partial charge in [-0.2, -0.15) is 8.42 Å². The highest BCUT2D eigenvalue weighted by Gasteiger charge is 2.21. The van der Waals surface area contributed by atoms with Crippen LogP contribution in [0.5, 0.6) is 0 Å². The number of rotatable bonds is 5. The minimum absolute atomic E-state index is 0.0282. The van der Waals surface area contributed by atoms with Gasteiger partial charge in [0.25, 0.3) is 10.0 Å². The number of nitrogens with one attached hydrogen (secondary N) is 2. The van der Waals surface area contributed by atoms with E-state index in [0.29, 0.717) is 12.2 Å². The molecular formula is C13H13ClFN3O2S. The lowest BCUT2D eigenvalue weighted by molar-refractivity contribution is 0.597. The van der Waals surface area contributed by atoms with Crippen LogP contribution >= 0.6 is 11.6 Å². The van der Waals surface area contributed by atoms with Crippen molar-refractivity contribution in [2.24, 2.45) is 0 Å². The summed E-state index contributed by atoms with van der Waals surface area (Å²) in [5.74, 6) is -0.547. The Morgan fingerprint density at radius 1 is 1.29 bits per heavy atom. The van der Waals surface area contributed by atoms with E-state index in [1.54, 1.807) is 12.1 Å². The second-order valence-corrected chi connectivity index (χ2v) is 6.12. The van der Waals surface area contributed by atoms with Crippen molar-refractivity contribution in [3.8, 4) is 0 Å². The lowest BCUT2D eigenvalue weighted by Crippen LogP contribution is -2.17. The molecule has 0 atom stereocenters. The molecule has 0 aliphatic heterocycles. The van der Waals surface area contributed by atoms with Crippen molar-refractivity contribution < 1.29 is 12.8 Å². The van der Waals surface area contributed by atoms with E-state index in [1.165, 1.54) is 12.3 Å². The van der Waals surface area contributed by atoms with E-state index in [-0.39, 0.29) is 15.7 Å². The maximum Gasteiger partial charge on any atom is 0.281 e. The number of benzene rings is 1. The highest BCUT2D eigenvalue weighted by Crippen LogP contribution is 2.26. The smallest absolute Gasteiger partial charge is 0.281 e. The van der Waals surface area contributed by atoms with Gasteiger partial charge in [-0.1, -0.05) is 11.6 Å². The summed E-state index contributed by atoms with van der Waals surface area (Å²) in [5.41, 5.74) is 0.469. The number of hydrogen-bond acceptors (Lipinski definition) is 4. The third-order valence-electron chi connectivity index (χ3n) is 2.57. The molecule has 0 saturated heterocycles. The van der Waals surface area contributed by atoms with Crippen molar-refractivity contribution in [2.45, 2.75) is 11.9 Å². The van der Waals surface area contributed by atoms with Gasteiger partial charge < -0.3 is 5.32 Å². The molecule has 0 aliphatic rings. The molecule has 1 heterocycles. The van der Waals surface area contributed by atoms with Crippen molar-refractivity contribution in [1.29, 1.82) is 0 Å². The first kappa shape index (κ1) is 15.5. The summed E-state index contributed by atoms with van der Waals surface area (Å²) in [7, 11) is -3.93. The molecule has 21 heavy (non-hydrogen) atoms.